The third kappa shape index (κ3) is 2.50. The van der Waals surface area contributed by atoms with Gasteiger partial charge in [0.05, 0.1) is 7.11 Å². The van der Waals surface area contributed by atoms with E-state index in [1.165, 1.54) is 50.6 Å². The average Bonchev–Trinajstić information content (AvgIpc) is 2.70. The van der Waals surface area contributed by atoms with Crippen LogP contribution in [0, 0.1) is 5.92 Å². The molecule has 1 heterocycles. The van der Waals surface area contributed by atoms with Gasteiger partial charge in [0.25, 0.3) is 0 Å². The van der Waals surface area contributed by atoms with Gasteiger partial charge in [-0.05, 0) is 67.0 Å². The van der Waals surface area contributed by atoms with Crippen molar-refractivity contribution >= 4 is 0 Å². The van der Waals surface area contributed by atoms with Crippen molar-refractivity contribution < 1.29 is 4.74 Å². The lowest BCUT2D eigenvalue weighted by Crippen LogP contribution is -2.60. The molecule has 3 atom stereocenters. The minimum absolute atomic E-state index is 0.401. The summed E-state index contributed by atoms with van der Waals surface area (Å²) >= 11 is 0. The molecule has 2 bridgehead atoms. The number of fused-ring (bicyclic) bond motifs is 1. The van der Waals surface area contributed by atoms with Crippen molar-refractivity contribution in [2.24, 2.45) is 5.92 Å². The predicted molar refractivity (Wildman–Crippen MR) is 106 cm³/mol. The van der Waals surface area contributed by atoms with E-state index in [9.17, 15) is 0 Å². The lowest BCUT2D eigenvalue weighted by molar-refractivity contribution is -0.0157. The highest BCUT2D eigenvalue weighted by molar-refractivity contribution is 5.45. The largest absolute Gasteiger partial charge is 0.497 e. The van der Waals surface area contributed by atoms with Gasteiger partial charge < -0.3 is 4.74 Å². The maximum absolute atomic E-state index is 5.58. The van der Waals surface area contributed by atoms with Gasteiger partial charge in [0, 0.05) is 18.0 Å². The van der Waals surface area contributed by atoms with Crippen LogP contribution in [0.3, 0.4) is 0 Å². The topological polar surface area (TPSA) is 12.5 Å². The highest BCUT2D eigenvalue weighted by Gasteiger charge is 2.53. The first kappa shape index (κ1) is 16.4. The van der Waals surface area contributed by atoms with Crippen molar-refractivity contribution in [2.45, 2.75) is 56.5 Å². The zero-order valence-electron chi connectivity index (χ0n) is 15.8. The minimum Gasteiger partial charge on any atom is -0.497 e. The number of rotatable bonds is 3. The Morgan fingerprint density at radius 1 is 1.08 bits per heavy atom. The van der Waals surface area contributed by atoms with Gasteiger partial charge in [0.1, 0.15) is 5.75 Å². The second-order valence-electron chi connectivity index (χ2n) is 8.51. The molecule has 0 unspecified atom stereocenters. The predicted octanol–water partition coefficient (Wildman–Crippen LogP) is 4.95. The van der Waals surface area contributed by atoms with E-state index in [4.69, 9.17) is 4.74 Å². The average molecular weight is 348 g/mol. The second-order valence-corrected chi connectivity index (χ2v) is 8.51. The highest BCUT2D eigenvalue weighted by Crippen LogP contribution is 2.56. The van der Waals surface area contributed by atoms with Crippen molar-refractivity contribution in [1.82, 2.24) is 4.90 Å². The fourth-order valence-electron chi connectivity index (χ4n) is 6.20. The molecule has 26 heavy (non-hydrogen) atoms. The quantitative estimate of drug-likeness (QED) is 0.778. The highest BCUT2D eigenvalue weighted by atomic mass is 16.5. The van der Waals surface area contributed by atoms with Crippen molar-refractivity contribution in [3.8, 4) is 5.75 Å². The van der Waals surface area contributed by atoms with Gasteiger partial charge in [0.2, 0.25) is 0 Å². The number of ether oxygens (including phenoxy) is 1. The molecule has 3 aliphatic rings. The standard InChI is InChI=1S/C24H29NO/c1-26-20-11-10-19-15-23-21-9-5-6-12-24(21,22(19)16-20)13-14-25(23)17-18-7-3-2-4-8-18/h2-4,7-8,10-11,16,21,23H,5-6,9,12-15,17H2,1H3/t21-,23+,24-/m0/s1. The molecule has 0 aromatic heterocycles. The molecule has 0 amide bonds. The van der Waals surface area contributed by atoms with E-state index in [1.54, 1.807) is 18.2 Å². The minimum atomic E-state index is 0.401. The van der Waals surface area contributed by atoms with Crippen molar-refractivity contribution in [1.29, 1.82) is 0 Å². The van der Waals surface area contributed by atoms with Crippen LogP contribution in [-0.4, -0.2) is 24.6 Å². The molecule has 1 saturated carbocycles. The molecule has 0 spiro atoms. The molecule has 2 aromatic carbocycles. The van der Waals surface area contributed by atoms with E-state index < -0.39 is 0 Å². The smallest absolute Gasteiger partial charge is 0.119 e. The van der Waals surface area contributed by atoms with Crippen LogP contribution in [0.25, 0.3) is 0 Å². The molecular weight excluding hydrogens is 318 g/mol. The molecule has 2 aliphatic carbocycles. The van der Waals surface area contributed by atoms with Crippen LogP contribution in [0.1, 0.15) is 48.8 Å². The molecule has 0 N–H and O–H groups in total. The Morgan fingerprint density at radius 3 is 2.81 bits per heavy atom. The first-order valence-corrected chi connectivity index (χ1v) is 10.3. The maximum Gasteiger partial charge on any atom is 0.119 e. The molecule has 1 aliphatic heterocycles. The number of hydrogen-bond acceptors (Lipinski definition) is 2. The van der Waals surface area contributed by atoms with Crippen molar-refractivity contribution in [2.75, 3.05) is 13.7 Å². The Balaban J connectivity index is 1.53. The van der Waals surface area contributed by atoms with Crippen LogP contribution >= 0.6 is 0 Å². The summed E-state index contributed by atoms with van der Waals surface area (Å²) in [5.41, 5.74) is 5.05. The summed E-state index contributed by atoms with van der Waals surface area (Å²) in [6.45, 7) is 2.33. The monoisotopic (exact) mass is 347 g/mol. The summed E-state index contributed by atoms with van der Waals surface area (Å²) in [5, 5.41) is 0. The number of likely N-dealkylation sites (tertiary alicyclic amines) is 1. The number of piperidine rings is 1. The molecule has 5 rings (SSSR count). The van der Waals surface area contributed by atoms with Crippen molar-refractivity contribution in [3.05, 3.63) is 65.2 Å². The first-order valence-electron chi connectivity index (χ1n) is 10.3. The number of methoxy groups -OCH3 is 1. The Morgan fingerprint density at radius 2 is 1.96 bits per heavy atom. The van der Waals surface area contributed by atoms with Crippen LogP contribution in [0.2, 0.25) is 0 Å². The zero-order valence-corrected chi connectivity index (χ0v) is 15.8. The molecule has 136 valence electrons. The van der Waals surface area contributed by atoms with Gasteiger partial charge in [-0.15, -0.1) is 0 Å². The van der Waals surface area contributed by atoms with Crippen LogP contribution in [-0.2, 0) is 18.4 Å². The zero-order chi connectivity index (χ0) is 17.6. The van der Waals surface area contributed by atoms with Crippen LogP contribution in [0.4, 0.5) is 0 Å². The number of benzene rings is 2. The summed E-state index contributed by atoms with van der Waals surface area (Å²) in [6, 6.07) is 18.6. The normalized spacial score (nSPS) is 30.3. The molecular formula is C24H29NO. The SMILES string of the molecule is COc1ccc2c(c1)[C@]13CCCC[C@H]1[C@@H](C2)N(Cc1ccccc1)CC3. The van der Waals surface area contributed by atoms with E-state index in [-0.39, 0.29) is 0 Å². The number of nitrogens with zero attached hydrogens (tertiary/aromatic N) is 1. The third-order valence-corrected chi connectivity index (χ3v) is 7.39. The van der Waals surface area contributed by atoms with Gasteiger partial charge in [-0.25, -0.2) is 0 Å². The molecule has 0 radical (unpaired) electrons. The van der Waals surface area contributed by atoms with Gasteiger partial charge in [-0.2, -0.15) is 0 Å². The summed E-state index contributed by atoms with van der Waals surface area (Å²) in [7, 11) is 1.80. The van der Waals surface area contributed by atoms with Gasteiger partial charge in [-0.1, -0.05) is 49.2 Å². The van der Waals surface area contributed by atoms with Gasteiger partial charge in [0.15, 0.2) is 0 Å². The number of hydrogen-bond donors (Lipinski definition) is 0. The molecule has 2 nitrogen and oxygen atoms in total. The maximum atomic E-state index is 5.58. The van der Waals surface area contributed by atoms with Crippen LogP contribution in [0.5, 0.6) is 5.75 Å². The first-order chi connectivity index (χ1) is 12.8. The summed E-state index contributed by atoms with van der Waals surface area (Å²) in [5.74, 6) is 1.85. The van der Waals surface area contributed by atoms with Crippen LogP contribution < -0.4 is 4.74 Å². The molecule has 2 fully saturated rings. The molecule has 2 heteroatoms. The van der Waals surface area contributed by atoms with Crippen LogP contribution in [0.15, 0.2) is 48.5 Å². The Labute approximate surface area is 157 Å². The summed E-state index contributed by atoms with van der Waals surface area (Å²) in [4.78, 5) is 2.79. The van der Waals surface area contributed by atoms with Crippen molar-refractivity contribution in [3.63, 3.8) is 0 Å². The van der Waals surface area contributed by atoms with E-state index >= 15 is 0 Å². The summed E-state index contributed by atoms with van der Waals surface area (Å²) < 4.78 is 5.58. The molecule has 2 aromatic rings. The fourth-order valence-corrected chi connectivity index (χ4v) is 6.20. The third-order valence-electron chi connectivity index (χ3n) is 7.39. The lowest BCUT2D eigenvalue weighted by Gasteiger charge is -2.59. The van der Waals surface area contributed by atoms with E-state index in [1.807, 2.05) is 0 Å². The van der Waals surface area contributed by atoms with E-state index in [0.717, 1.165) is 18.2 Å². The van der Waals surface area contributed by atoms with E-state index in [0.29, 0.717) is 11.5 Å². The second kappa shape index (κ2) is 6.42. The summed E-state index contributed by atoms with van der Waals surface area (Å²) in [6.07, 6.45) is 8.07. The molecule has 1 saturated heterocycles. The fraction of sp³-hybridized carbons (Fsp3) is 0.500. The Hall–Kier alpha value is -1.80. The van der Waals surface area contributed by atoms with Gasteiger partial charge in [-0.3, -0.25) is 4.90 Å². The Kier molecular flexibility index (Phi) is 4.04. The van der Waals surface area contributed by atoms with Gasteiger partial charge >= 0.3 is 0 Å². The van der Waals surface area contributed by atoms with E-state index in [2.05, 4.69) is 53.4 Å². The Bertz CT molecular complexity index is 786. The lowest BCUT2D eigenvalue weighted by atomic mass is 9.52.